The lowest BCUT2D eigenvalue weighted by molar-refractivity contribution is 0.168. The van der Waals surface area contributed by atoms with Crippen LogP contribution in [0.1, 0.15) is 24.5 Å². The Kier molecular flexibility index (Phi) is 4.17. The van der Waals surface area contributed by atoms with Gasteiger partial charge in [-0.2, -0.15) is 0 Å². The van der Waals surface area contributed by atoms with Crippen molar-refractivity contribution < 1.29 is 13.5 Å². The number of aromatic nitrogens is 1. The van der Waals surface area contributed by atoms with Gasteiger partial charge in [-0.1, -0.05) is 24.3 Å². The summed E-state index contributed by atoms with van der Waals surface area (Å²) in [6.45, 7) is 0. The maximum atomic E-state index is 11.1. The minimum Gasteiger partial charge on any atom is -0.388 e. The summed E-state index contributed by atoms with van der Waals surface area (Å²) in [5.74, 6) is 0.0995. The molecule has 4 nitrogen and oxygen atoms in total. The minimum atomic E-state index is -2.97. The molecule has 0 radical (unpaired) electrons. The molecule has 2 aromatic rings. The van der Waals surface area contributed by atoms with E-state index in [1.807, 2.05) is 24.3 Å². The smallest absolute Gasteiger partial charge is 0.147 e. The Morgan fingerprint density at radius 2 is 2.00 bits per heavy atom. The van der Waals surface area contributed by atoms with E-state index in [-0.39, 0.29) is 5.75 Å². The molecule has 5 heteroatoms. The van der Waals surface area contributed by atoms with Crippen LogP contribution in [0.4, 0.5) is 0 Å². The predicted molar refractivity (Wildman–Crippen MR) is 75.6 cm³/mol. The van der Waals surface area contributed by atoms with E-state index < -0.39 is 15.9 Å². The summed E-state index contributed by atoms with van der Waals surface area (Å²) in [7, 11) is -2.97. The first-order valence-electron chi connectivity index (χ1n) is 6.16. The average molecular weight is 279 g/mol. The molecule has 102 valence electrons. The van der Waals surface area contributed by atoms with Crippen LogP contribution >= 0.6 is 0 Å². The lowest BCUT2D eigenvalue weighted by Crippen LogP contribution is -2.06. The molecule has 1 aromatic carbocycles. The molecule has 1 unspecified atom stereocenters. The Hall–Kier alpha value is -1.46. The molecule has 0 aliphatic carbocycles. The highest BCUT2D eigenvalue weighted by atomic mass is 32.2. The van der Waals surface area contributed by atoms with Gasteiger partial charge >= 0.3 is 0 Å². The first-order valence-corrected chi connectivity index (χ1v) is 8.22. The SMILES string of the molecule is CS(=O)(=O)CCCC(O)c1cncc2ccccc12. The fraction of sp³-hybridized carbons (Fsp3) is 0.357. The van der Waals surface area contributed by atoms with Gasteiger partial charge in [-0.3, -0.25) is 4.98 Å². The van der Waals surface area contributed by atoms with E-state index in [4.69, 9.17) is 0 Å². The molecule has 0 saturated carbocycles. The van der Waals surface area contributed by atoms with Crippen molar-refractivity contribution in [3.63, 3.8) is 0 Å². The van der Waals surface area contributed by atoms with Gasteiger partial charge in [-0.15, -0.1) is 0 Å². The number of aliphatic hydroxyl groups excluding tert-OH is 1. The molecule has 1 N–H and O–H groups in total. The monoisotopic (exact) mass is 279 g/mol. The van der Waals surface area contributed by atoms with Crippen LogP contribution in [0, 0.1) is 0 Å². The molecule has 1 heterocycles. The molecular weight excluding hydrogens is 262 g/mol. The van der Waals surface area contributed by atoms with Crippen LogP contribution < -0.4 is 0 Å². The molecule has 19 heavy (non-hydrogen) atoms. The number of fused-ring (bicyclic) bond motifs is 1. The summed E-state index contributed by atoms with van der Waals surface area (Å²) in [5.41, 5.74) is 0.756. The molecule has 0 aliphatic rings. The van der Waals surface area contributed by atoms with E-state index in [0.29, 0.717) is 12.8 Å². The second kappa shape index (κ2) is 5.67. The molecule has 0 spiro atoms. The van der Waals surface area contributed by atoms with Gasteiger partial charge in [0.2, 0.25) is 0 Å². The number of pyridine rings is 1. The van der Waals surface area contributed by atoms with E-state index in [9.17, 15) is 13.5 Å². The number of nitrogens with zero attached hydrogens (tertiary/aromatic N) is 1. The van der Waals surface area contributed by atoms with Crippen molar-refractivity contribution in [3.05, 3.63) is 42.2 Å². The number of sulfone groups is 1. The van der Waals surface area contributed by atoms with Crippen molar-refractivity contribution >= 4 is 20.6 Å². The fourth-order valence-corrected chi connectivity index (χ4v) is 2.79. The third-order valence-corrected chi connectivity index (χ3v) is 4.08. The van der Waals surface area contributed by atoms with Crippen LogP contribution in [-0.4, -0.2) is 30.5 Å². The highest BCUT2D eigenvalue weighted by molar-refractivity contribution is 7.90. The van der Waals surface area contributed by atoms with E-state index in [1.165, 1.54) is 6.26 Å². The van der Waals surface area contributed by atoms with Gasteiger partial charge in [-0.25, -0.2) is 8.42 Å². The Labute approximate surface area is 113 Å². The molecule has 0 fully saturated rings. The number of hydrogen-bond acceptors (Lipinski definition) is 4. The third kappa shape index (κ3) is 3.75. The van der Waals surface area contributed by atoms with Gasteiger partial charge < -0.3 is 5.11 Å². The Bertz CT molecular complexity index is 662. The summed E-state index contributed by atoms with van der Waals surface area (Å²) in [6.07, 6.45) is 4.79. The zero-order valence-electron chi connectivity index (χ0n) is 10.8. The van der Waals surface area contributed by atoms with Crippen molar-refractivity contribution in [1.29, 1.82) is 0 Å². The van der Waals surface area contributed by atoms with Gasteiger partial charge in [0.25, 0.3) is 0 Å². The van der Waals surface area contributed by atoms with Crippen LogP contribution in [-0.2, 0) is 9.84 Å². The fourth-order valence-electron chi connectivity index (χ4n) is 2.10. The minimum absolute atomic E-state index is 0.0995. The first-order chi connectivity index (χ1) is 8.97. The third-order valence-electron chi connectivity index (χ3n) is 3.05. The van der Waals surface area contributed by atoms with Gasteiger partial charge in [0.05, 0.1) is 6.10 Å². The normalized spacial score (nSPS) is 13.6. The topological polar surface area (TPSA) is 67.3 Å². The zero-order valence-corrected chi connectivity index (χ0v) is 11.6. The van der Waals surface area contributed by atoms with Crippen molar-refractivity contribution in [2.24, 2.45) is 0 Å². The van der Waals surface area contributed by atoms with Gasteiger partial charge in [0.1, 0.15) is 9.84 Å². The van der Waals surface area contributed by atoms with Crippen LogP contribution in [0.15, 0.2) is 36.7 Å². The van der Waals surface area contributed by atoms with E-state index in [1.54, 1.807) is 12.4 Å². The summed E-state index contributed by atoms with van der Waals surface area (Å²) < 4.78 is 22.1. The second-order valence-electron chi connectivity index (χ2n) is 4.74. The van der Waals surface area contributed by atoms with Crippen molar-refractivity contribution in [2.75, 3.05) is 12.0 Å². The van der Waals surface area contributed by atoms with Crippen LogP contribution in [0.5, 0.6) is 0 Å². The molecule has 0 bridgehead atoms. The quantitative estimate of drug-likeness (QED) is 0.910. The lowest BCUT2D eigenvalue weighted by atomic mass is 10.0. The summed E-state index contributed by atoms with van der Waals surface area (Å²) >= 11 is 0. The molecule has 2 rings (SSSR count). The molecule has 0 amide bonds. The maximum Gasteiger partial charge on any atom is 0.147 e. The van der Waals surface area contributed by atoms with Gasteiger partial charge in [0, 0.05) is 35.4 Å². The van der Waals surface area contributed by atoms with Crippen LogP contribution in [0.25, 0.3) is 10.8 Å². The standard InChI is InChI=1S/C14H17NO3S/c1-19(17,18)8-4-7-14(16)13-10-15-9-11-5-2-3-6-12(11)13/h2-3,5-6,9-10,14,16H,4,7-8H2,1H3. The largest absolute Gasteiger partial charge is 0.388 e. The summed E-state index contributed by atoms with van der Waals surface area (Å²) in [6, 6.07) is 7.71. The van der Waals surface area contributed by atoms with E-state index >= 15 is 0 Å². The van der Waals surface area contributed by atoms with Crippen molar-refractivity contribution in [2.45, 2.75) is 18.9 Å². The highest BCUT2D eigenvalue weighted by Gasteiger charge is 2.12. The van der Waals surface area contributed by atoms with Gasteiger partial charge in [0.15, 0.2) is 0 Å². The molecule has 0 saturated heterocycles. The molecular formula is C14H17NO3S. The molecule has 1 atom stereocenters. The van der Waals surface area contributed by atoms with Gasteiger partial charge in [-0.05, 0) is 18.2 Å². The maximum absolute atomic E-state index is 11.1. The summed E-state index contributed by atoms with van der Waals surface area (Å²) in [5, 5.41) is 12.1. The first kappa shape index (κ1) is 14.0. The van der Waals surface area contributed by atoms with E-state index in [2.05, 4.69) is 4.98 Å². The Balaban J connectivity index is 2.15. The Morgan fingerprint density at radius 3 is 2.74 bits per heavy atom. The lowest BCUT2D eigenvalue weighted by Gasteiger charge is -2.12. The summed E-state index contributed by atoms with van der Waals surface area (Å²) in [4.78, 5) is 4.11. The zero-order chi connectivity index (χ0) is 13.9. The highest BCUT2D eigenvalue weighted by Crippen LogP contribution is 2.25. The van der Waals surface area contributed by atoms with Crippen molar-refractivity contribution in [3.8, 4) is 0 Å². The molecule has 0 aliphatic heterocycles. The van der Waals surface area contributed by atoms with E-state index in [0.717, 1.165) is 16.3 Å². The number of aliphatic hydroxyl groups is 1. The molecule has 1 aromatic heterocycles. The van der Waals surface area contributed by atoms with Crippen molar-refractivity contribution in [1.82, 2.24) is 4.98 Å². The second-order valence-corrected chi connectivity index (χ2v) is 7.00. The Morgan fingerprint density at radius 1 is 1.26 bits per heavy atom. The average Bonchev–Trinajstić information content (AvgIpc) is 2.36. The number of benzene rings is 1. The number of hydrogen-bond donors (Lipinski definition) is 1. The predicted octanol–water partition coefficient (Wildman–Crippen LogP) is 2.09. The number of rotatable bonds is 5. The van der Waals surface area contributed by atoms with Crippen LogP contribution in [0.3, 0.4) is 0 Å². The van der Waals surface area contributed by atoms with Crippen LogP contribution in [0.2, 0.25) is 0 Å².